The molecule has 0 unspecified atom stereocenters. The van der Waals surface area contributed by atoms with Crippen LogP contribution in [0.15, 0.2) is 127 Å². The maximum Gasteiger partial charge on any atom is 0.171 e. The fourth-order valence-corrected chi connectivity index (χ4v) is 9.75. The fraction of sp³-hybridized carbons (Fsp3) is 0.143. The first-order valence-corrected chi connectivity index (χ1v) is 24.5. The Morgan fingerprint density at radius 3 is 1.43 bits per heavy atom. The van der Waals surface area contributed by atoms with Crippen LogP contribution >= 0.6 is 7.14 Å². The van der Waals surface area contributed by atoms with Crippen molar-refractivity contribution in [3.8, 4) is 34.1 Å². The van der Waals surface area contributed by atoms with E-state index in [2.05, 4.69) is 129 Å². The molecule has 0 heterocycles. The van der Waals surface area contributed by atoms with E-state index >= 15 is 4.57 Å². The molecule has 0 saturated carbocycles. The Morgan fingerprint density at radius 1 is 0.457 bits per heavy atom. The van der Waals surface area contributed by atoms with Crippen molar-refractivity contribution in [2.45, 2.75) is 39.3 Å². The summed E-state index contributed by atoms with van der Waals surface area (Å²) in [5, 5.41) is 6.81. The number of rotatable bonds is 4. The summed E-state index contributed by atoms with van der Waals surface area (Å²) in [6.07, 6.45) is 0. The van der Waals surface area contributed by atoms with E-state index in [0.29, 0.717) is 0 Å². The second-order valence-electron chi connectivity index (χ2n) is 13.8. The highest BCUT2D eigenvalue weighted by atomic mass is 31.2. The predicted octanol–water partition coefficient (Wildman–Crippen LogP) is 9.76. The summed E-state index contributed by atoms with van der Waals surface area (Å²) in [6, 6.07) is 43.4. The monoisotopic (exact) mass is 646 g/mol. The van der Waals surface area contributed by atoms with Crippen LogP contribution in [0, 0.1) is 22.9 Å². The lowest BCUT2D eigenvalue weighted by atomic mass is 9.91. The molecule has 0 aliphatic carbocycles. The lowest BCUT2D eigenvalue weighted by Gasteiger charge is -2.25. The lowest BCUT2D eigenvalue weighted by Crippen LogP contribution is -2.26. The van der Waals surface area contributed by atoms with E-state index in [1.807, 2.05) is 60.7 Å². The first-order valence-electron chi connectivity index (χ1n) is 15.8. The summed E-state index contributed by atoms with van der Waals surface area (Å²) in [4.78, 5) is 0. The van der Waals surface area contributed by atoms with Gasteiger partial charge in [0, 0.05) is 32.6 Å². The zero-order valence-electron chi connectivity index (χ0n) is 27.5. The summed E-state index contributed by atoms with van der Waals surface area (Å²) in [6.45, 7) is 13.6. The number of hydrogen-bond acceptors (Lipinski definition) is 1. The van der Waals surface area contributed by atoms with E-state index in [0.717, 1.165) is 59.7 Å². The highest BCUT2D eigenvalue weighted by molar-refractivity contribution is 7.85. The standard InChI is InChI=1S/C42H39OPSi2/c1-45(2,3)30-28-32-16-13-23-38-36(32)22-15-25-40(38)42-39-24-14-17-33(29-31-46(4,5)6)37(39)26-27-41(42)44(43,34-18-9-7-10-19-34)35-20-11-8-12-21-35/h7-27H,1-6H3. The second kappa shape index (κ2) is 12.4. The molecule has 6 rings (SSSR count). The van der Waals surface area contributed by atoms with Gasteiger partial charge in [-0.05, 0) is 45.3 Å². The molecular formula is C42H39OPSi2. The summed E-state index contributed by atoms with van der Waals surface area (Å²) >= 11 is 0. The van der Waals surface area contributed by atoms with Crippen molar-refractivity contribution in [1.82, 2.24) is 0 Å². The van der Waals surface area contributed by atoms with Gasteiger partial charge in [0.1, 0.15) is 16.1 Å². The SMILES string of the molecule is C[Si](C)(C)C#Cc1cccc2c(-c3c(P(=O)(c4ccccc4)c4ccccc4)ccc4c(C#C[Si](C)(C)C)cccc34)cccc12. The van der Waals surface area contributed by atoms with Gasteiger partial charge >= 0.3 is 0 Å². The molecule has 0 N–H and O–H groups in total. The molecular weight excluding hydrogens is 608 g/mol. The van der Waals surface area contributed by atoms with Crippen molar-refractivity contribution in [1.29, 1.82) is 0 Å². The largest absolute Gasteiger partial charge is 0.309 e. The van der Waals surface area contributed by atoms with Crippen LogP contribution in [0.2, 0.25) is 39.3 Å². The minimum absolute atomic E-state index is 0.818. The van der Waals surface area contributed by atoms with Crippen LogP contribution in [0.1, 0.15) is 11.1 Å². The Kier molecular flexibility index (Phi) is 8.54. The van der Waals surface area contributed by atoms with Gasteiger partial charge in [-0.25, -0.2) is 0 Å². The zero-order valence-corrected chi connectivity index (χ0v) is 30.4. The van der Waals surface area contributed by atoms with Crippen LogP contribution in [-0.2, 0) is 4.57 Å². The second-order valence-corrected chi connectivity index (χ2v) is 26.1. The molecule has 4 heteroatoms. The molecule has 0 fully saturated rings. The van der Waals surface area contributed by atoms with Gasteiger partial charge in [-0.1, -0.05) is 160 Å². The molecule has 1 nitrogen and oxygen atoms in total. The number of hydrogen-bond donors (Lipinski definition) is 0. The Balaban J connectivity index is 1.77. The summed E-state index contributed by atoms with van der Waals surface area (Å²) in [5.41, 5.74) is 11.2. The van der Waals surface area contributed by atoms with Gasteiger partial charge in [0.15, 0.2) is 7.14 Å². The van der Waals surface area contributed by atoms with Crippen LogP contribution in [0.4, 0.5) is 0 Å². The van der Waals surface area contributed by atoms with Gasteiger partial charge in [0.2, 0.25) is 0 Å². The van der Waals surface area contributed by atoms with Crippen molar-refractivity contribution in [2.24, 2.45) is 0 Å². The zero-order chi connectivity index (χ0) is 32.5. The summed E-state index contributed by atoms with van der Waals surface area (Å²) in [5.74, 6) is 7.06. The summed E-state index contributed by atoms with van der Waals surface area (Å²) in [7, 11) is -6.52. The van der Waals surface area contributed by atoms with Crippen molar-refractivity contribution < 1.29 is 4.57 Å². The van der Waals surface area contributed by atoms with Gasteiger partial charge in [0.05, 0.1) is 0 Å². The maximum absolute atomic E-state index is 16.0. The molecule has 46 heavy (non-hydrogen) atoms. The van der Waals surface area contributed by atoms with Gasteiger partial charge in [0.25, 0.3) is 0 Å². The Hall–Kier alpha value is -4.38. The smallest absolute Gasteiger partial charge is 0.171 e. The average molecular weight is 647 g/mol. The van der Waals surface area contributed by atoms with Crippen molar-refractivity contribution in [2.75, 3.05) is 0 Å². The highest BCUT2D eigenvalue weighted by Gasteiger charge is 2.33. The first kappa shape index (κ1) is 31.6. The van der Waals surface area contributed by atoms with Crippen LogP contribution in [0.25, 0.3) is 32.7 Å². The van der Waals surface area contributed by atoms with Crippen LogP contribution in [-0.4, -0.2) is 16.1 Å². The van der Waals surface area contributed by atoms with E-state index in [-0.39, 0.29) is 0 Å². The molecule has 0 radical (unpaired) electrons. The first-order chi connectivity index (χ1) is 22.0. The number of fused-ring (bicyclic) bond motifs is 2. The van der Waals surface area contributed by atoms with Crippen molar-refractivity contribution >= 4 is 60.7 Å². The Bertz CT molecular complexity index is 2210. The quantitative estimate of drug-likeness (QED) is 0.106. The Morgan fingerprint density at radius 2 is 0.913 bits per heavy atom. The van der Waals surface area contributed by atoms with Gasteiger partial charge in [-0.2, -0.15) is 0 Å². The van der Waals surface area contributed by atoms with E-state index in [4.69, 9.17) is 0 Å². The van der Waals surface area contributed by atoms with Crippen LogP contribution in [0.5, 0.6) is 0 Å². The minimum Gasteiger partial charge on any atom is -0.309 e. The molecule has 0 amide bonds. The molecule has 226 valence electrons. The van der Waals surface area contributed by atoms with E-state index < -0.39 is 23.3 Å². The number of benzene rings is 6. The molecule has 6 aromatic rings. The third-order valence-electron chi connectivity index (χ3n) is 7.95. The van der Waals surface area contributed by atoms with Crippen LogP contribution < -0.4 is 15.9 Å². The molecule has 0 aromatic heterocycles. The fourth-order valence-electron chi connectivity index (χ4n) is 5.85. The minimum atomic E-state index is -3.32. The maximum atomic E-state index is 16.0. The lowest BCUT2D eigenvalue weighted by molar-refractivity contribution is 0.592. The topological polar surface area (TPSA) is 17.1 Å². The third kappa shape index (κ3) is 6.33. The van der Waals surface area contributed by atoms with Crippen molar-refractivity contribution in [3.05, 3.63) is 139 Å². The van der Waals surface area contributed by atoms with Crippen LogP contribution in [0.3, 0.4) is 0 Å². The van der Waals surface area contributed by atoms with Gasteiger partial charge < -0.3 is 4.57 Å². The van der Waals surface area contributed by atoms with E-state index in [9.17, 15) is 0 Å². The molecule has 0 spiro atoms. The Labute approximate surface area is 276 Å². The molecule has 0 bridgehead atoms. The summed E-state index contributed by atoms with van der Waals surface area (Å²) < 4.78 is 16.0. The van der Waals surface area contributed by atoms with Gasteiger partial charge in [-0.3, -0.25) is 0 Å². The van der Waals surface area contributed by atoms with Gasteiger partial charge in [-0.15, -0.1) is 11.1 Å². The molecule has 0 aliphatic heterocycles. The molecule has 6 aromatic carbocycles. The van der Waals surface area contributed by atoms with E-state index in [1.165, 1.54) is 0 Å². The van der Waals surface area contributed by atoms with E-state index in [1.54, 1.807) is 0 Å². The normalized spacial score (nSPS) is 11.9. The average Bonchev–Trinajstić information content (AvgIpc) is 3.05. The van der Waals surface area contributed by atoms with Crippen molar-refractivity contribution in [3.63, 3.8) is 0 Å². The molecule has 0 atom stereocenters. The third-order valence-corrected chi connectivity index (χ3v) is 12.8. The molecule has 0 saturated heterocycles. The highest BCUT2D eigenvalue weighted by Crippen LogP contribution is 2.48. The predicted molar refractivity (Wildman–Crippen MR) is 207 cm³/mol. The molecule has 0 aliphatic rings.